The van der Waals surface area contributed by atoms with E-state index in [4.69, 9.17) is 21.1 Å². The van der Waals surface area contributed by atoms with Crippen molar-refractivity contribution in [1.82, 2.24) is 9.97 Å². The summed E-state index contributed by atoms with van der Waals surface area (Å²) in [6, 6.07) is 1.45. The van der Waals surface area contributed by atoms with Crippen LogP contribution in [0.1, 0.15) is 13.8 Å². The number of nitrogens with one attached hydrogen (secondary N) is 1. The van der Waals surface area contributed by atoms with Gasteiger partial charge >= 0.3 is 0 Å². The number of carbonyl (C=O) groups excluding carboxylic acids is 1. The van der Waals surface area contributed by atoms with Gasteiger partial charge in [0.25, 0.3) is 5.91 Å². The smallest absolute Gasteiger partial charge is 0.252 e. The highest BCUT2D eigenvalue weighted by Gasteiger charge is 2.08. The van der Waals surface area contributed by atoms with Crippen molar-refractivity contribution >= 4 is 23.5 Å². The molecule has 0 unspecified atom stereocenters. The molecule has 0 radical (unpaired) electrons. The van der Waals surface area contributed by atoms with E-state index < -0.39 is 0 Å². The fourth-order valence-corrected chi connectivity index (χ4v) is 1.13. The third-order valence-electron chi connectivity index (χ3n) is 1.68. The first-order valence-corrected chi connectivity index (χ1v) is 5.39. The van der Waals surface area contributed by atoms with Crippen LogP contribution in [0.3, 0.4) is 0 Å². The molecule has 1 N–H and O–H groups in total. The highest BCUT2D eigenvalue weighted by atomic mass is 35.5. The van der Waals surface area contributed by atoms with Crippen LogP contribution in [0.2, 0.25) is 5.15 Å². The third kappa shape index (κ3) is 4.97. The molecule has 6 nitrogen and oxygen atoms in total. The minimum absolute atomic E-state index is 0.0180. The van der Waals surface area contributed by atoms with Gasteiger partial charge in [-0.2, -0.15) is 4.98 Å². The molecule has 0 bridgehead atoms. The summed E-state index contributed by atoms with van der Waals surface area (Å²) >= 11 is 5.73. The van der Waals surface area contributed by atoms with Crippen molar-refractivity contribution in [2.75, 3.05) is 19.0 Å². The largest absolute Gasteiger partial charge is 0.481 e. The quantitative estimate of drug-likeness (QED) is 0.812. The van der Waals surface area contributed by atoms with Crippen LogP contribution in [0, 0.1) is 0 Å². The Balaban J connectivity index is 2.61. The summed E-state index contributed by atoms with van der Waals surface area (Å²) in [5.41, 5.74) is 0. The number of hydrogen-bond acceptors (Lipinski definition) is 5. The van der Waals surface area contributed by atoms with E-state index in [1.165, 1.54) is 13.2 Å². The summed E-state index contributed by atoms with van der Waals surface area (Å²) in [7, 11) is 1.45. The topological polar surface area (TPSA) is 73.3 Å². The first kappa shape index (κ1) is 13.7. The molecule has 0 saturated carbocycles. The molecule has 17 heavy (non-hydrogen) atoms. The van der Waals surface area contributed by atoms with E-state index in [9.17, 15) is 4.79 Å². The van der Waals surface area contributed by atoms with E-state index in [0.717, 1.165) is 0 Å². The predicted molar refractivity (Wildman–Crippen MR) is 63.3 cm³/mol. The summed E-state index contributed by atoms with van der Waals surface area (Å²) in [6.45, 7) is 3.62. The Morgan fingerprint density at radius 2 is 2.24 bits per heavy atom. The molecule has 0 spiro atoms. The van der Waals surface area contributed by atoms with Crippen LogP contribution in [-0.4, -0.2) is 35.7 Å². The lowest BCUT2D eigenvalue weighted by molar-refractivity contribution is -0.122. The van der Waals surface area contributed by atoms with Gasteiger partial charge in [-0.3, -0.25) is 10.1 Å². The Morgan fingerprint density at radius 3 is 2.82 bits per heavy atom. The van der Waals surface area contributed by atoms with Crippen LogP contribution in [0.25, 0.3) is 0 Å². The maximum atomic E-state index is 11.4. The molecule has 1 aromatic rings. The lowest BCUT2D eigenvalue weighted by atomic mass is 10.5. The van der Waals surface area contributed by atoms with Gasteiger partial charge in [0.1, 0.15) is 11.8 Å². The molecule has 0 fully saturated rings. The van der Waals surface area contributed by atoms with E-state index in [0.29, 0.717) is 0 Å². The van der Waals surface area contributed by atoms with Gasteiger partial charge in [0, 0.05) is 6.07 Å². The second-order valence-electron chi connectivity index (χ2n) is 3.46. The van der Waals surface area contributed by atoms with E-state index >= 15 is 0 Å². The van der Waals surface area contributed by atoms with Gasteiger partial charge in [-0.1, -0.05) is 11.6 Å². The number of halogens is 1. The Bertz CT molecular complexity index is 398. The minimum Gasteiger partial charge on any atom is -0.481 e. The van der Waals surface area contributed by atoms with Crippen molar-refractivity contribution in [1.29, 1.82) is 0 Å². The molecule has 7 heteroatoms. The van der Waals surface area contributed by atoms with E-state index in [1.807, 2.05) is 13.8 Å². The van der Waals surface area contributed by atoms with Crippen molar-refractivity contribution in [3.63, 3.8) is 0 Å². The van der Waals surface area contributed by atoms with E-state index in [2.05, 4.69) is 15.3 Å². The zero-order chi connectivity index (χ0) is 12.8. The van der Waals surface area contributed by atoms with Gasteiger partial charge in [0.2, 0.25) is 11.8 Å². The molecule has 0 aliphatic rings. The van der Waals surface area contributed by atoms with Crippen molar-refractivity contribution in [3.8, 4) is 5.88 Å². The molecule has 94 valence electrons. The Kier molecular flexibility index (Phi) is 5.11. The summed E-state index contributed by atoms with van der Waals surface area (Å²) in [5.74, 6) is 0.0276. The Morgan fingerprint density at radius 1 is 1.53 bits per heavy atom. The normalized spacial score (nSPS) is 10.4. The summed E-state index contributed by atoms with van der Waals surface area (Å²) in [6.07, 6.45) is -0.0180. The number of anilines is 1. The van der Waals surface area contributed by atoms with E-state index in [-0.39, 0.29) is 35.6 Å². The fourth-order valence-electron chi connectivity index (χ4n) is 0.961. The van der Waals surface area contributed by atoms with Gasteiger partial charge in [-0.05, 0) is 13.8 Å². The van der Waals surface area contributed by atoms with Crippen LogP contribution < -0.4 is 10.1 Å². The van der Waals surface area contributed by atoms with Crippen LogP contribution in [0.5, 0.6) is 5.88 Å². The van der Waals surface area contributed by atoms with Crippen LogP contribution in [-0.2, 0) is 9.53 Å². The molecule has 0 saturated heterocycles. The Hall–Kier alpha value is -1.40. The van der Waals surface area contributed by atoms with Gasteiger partial charge in [-0.15, -0.1) is 0 Å². The third-order valence-corrected chi connectivity index (χ3v) is 1.87. The fraction of sp³-hybridized carbons (Fsp3) is 0.500. The molecule has 1 heterocycles. The molecule has 1 aromatic heterocycles. The van der Waals surface area contributed by atoms with Crippen LogP contribution >= 0.6 is 11.6 Å². The average molecular weight is 260 g/mol. The lowest BCUT2D eigenvalue weighted by Crippen LogP contribution is -2.22. The van der Waals surface area contributed by atoms with Crippen molar-refractivity contribution < 1.29 is 14.3 Å². The molecule has 1 rings (SSSR count). The second-order valence-corrected chi connectivity index (χ2v) is 3.85. The zero-order valence-electron chi connectivity index (χ0n) is 9.86. The molecule has 0 atom stereocenters. The molecular formula is C10H14ClN3O3. The van der Waals surface area contributed by atoms with Crippen molar-refractivity contribution in [3.05, 3.63) is 11.2 Å². The number of hydrogen-bond donors (Lipinski definition) is 1. The average Bonchev–Trinajstić information content (AvgIpc) is 2.25. The number of amides is 1. The maximum Gasteiger partial charge on any atom is 0.252 e. The van der Waals surface area contributed by atoms with Gasteiger partial charge in [-0.25, -0.2) is 4.98 Å². The minimum atomic E-state index is -0.344. The summed E-state index contributed by atoms with van der Waals surface area (Å²) in [5, 5.41) is 2.65. The molecule has 1 amide bonds. The van der Waals surface area contributed by atoms with Gasteiger partial charge in [0.15, 0.2) is 0 Å². The first-order chi connectivity index (χ1) is 8.01. The predicted octanol–water partition coefficient (Wildman–Crippen LogP) is 1.50. The van der Waals surface area contributed by atoms with Gasteiger partial charge < -0.3 is 9.47 Å². The van der Waals surface area contributed by atoms with Crippen molar-refractivity contribution in [2.24, 2.45) is 0 Å². The van der Waals surface area contributed by atoms with Crippen LogP contribution in [0.4, 0.5) is 5.95 Å². The number of rotatable bonds is 5. The van der Waals surface area contributed by atoms with Crippen molar-refractivity contribution in [2.45, 2.75) is 20.0 Å². The molecule has 0 aliphatic carbocycles. The zero-order valence-corrected chi connectivity index (χ0v) is 10.6. The number of aromatic nitrogens is 2. The number of carbonyl (C=O) groups is 1. The molecule has 0 aliphatic heterocycles. The first-order valence-electron chi connectivity index (χ1n) is 5.01. The number of ether oxygens (including phenoxy) is 2. The highest BCUT2D eigenvalue weighted by Crippen LogP contribution is 2.15. The summed E-state index contributed by atoms with van der Waals surface area (Å²) in [4.78, 5) is 19.2. The lowest BCUT2D eigenvalue weighted by Gasteiger charge is -2.08. The number of methoxy groups -OCH3 is 1. The van der Waals surface area contributed by atoms with Crippen LogP contribution in [0.15, 0.2) is 6.07 Å². The summed E-state index contributed by atoms with van der Waals surface area (Å²) < 4.78 is 10.0. The SMILES string of the molecule is COc1cc(Cl)nc(NC(=O)COC(C)C)n1. The second kappa shape index (κ2) is 6.36. The number of nitrogens with zero attached hydrogens (tertiary/aromatic N) is 2. The van der Waals surface area contributed by atoms with E-state index in [1.54, 1.807) is 0 Å². The van der Waals surface area contributed by atoms with Gasteiger partial charge in [0.05, 0.1) is 13.2 Å². The monoisotopic (exact) mass is 259 g/mol. The molecular weight excluding hydrogens is 246 g/mol. The maximum absolute atomic E-state index is 11.4. The molecule has 0 aromatic carbocycles. The highest BCUT2D eigenvalue weighted by molar-refractivity contribution is 6.29. The Labute approximate surface area is 104 Å². The standard InChI is InChI=1S/C10H14ClN3O3/c1-6(2)17-5-8(15)13-10-12-7(11)4-9(14-10)16-3/h4,6H,5H2,1-3H3,(H,12,13,14,15).